The summed E-state index contributed by atoms with van der Waals surface area (Å²) in [6, 6.07) is 9.72. The average Bonchev–Trinajstić information content (AvgIpc) is 2.40. The third-order valence-corrected chi connectivity index (χ3v) is 4.87. The van der Waals surface area contributed by atoms with Crippen molar-refractivity contribution in [1.29, 1.82) is 0 Å². The molecule has 1 N–H and O–H groups in total. The van der Waals surface area contributed by atoms with Crippen molar-refractivity contribution in [2.75, 3.05) is 0 Å². The Morgan fingerprint density at radius 3 is 2.25 bits per heavy atom. The molecule has 0 saturated heterocycles. The maximum Gasteiger partial charge on any atom is 0.339 e. The first-order valence-corrected chi connectivity index (χ1v) is 8.29. The zero-order chi connectivity index (χ0) is 14.9. The van der Waals surface area contributed by atoms with Gasteiger partial charge in [-0.25, -0.2) is 0 Å². The van der Waals surface area contributed by atoms with E-state index in [1.54, 1.807) is 31.2 Å². The summed E-state index contributed by atoms with van der Waals surface area (Å²) >= 11 is 1.92. The molecule has 0 aliphatic heterocycles. The van der Waals surface area contributed by atoms with Crippen LogP contribution >= 0.6 is 22.6 Å². The minimum Gasteiger partial charge on any atom is -0.504 e. The molecule has 0 saturated carbocycles. The monoisotopic (exact) mass is 404 g/mol. The predicted molar refractivity (Wildman–Crippen MR) is 84.6 cm³/mol. The van der Waals surface area contributed by atoms with Crippen LogP contribution in [0.5, 0.6) is 11.5 Å². The van der Waals surface area contributed by atoms with Crippen molar-refractivity contribution in [2.24, 2.45) is 0 Å². The van der Waals surface area contributed by atoms with Gasteiger partial charge < -0.3 is 9.29 Å². The van der Waals surface area contributed by atoms with Crippen LogP contribution in [0.2, 0.25) is 0 Å². The van der Waals surface area contributed by atoms with E-state index in [1.165, 1.54) is 12.1 Å². The van der Waals surface area contributed by atoms with Gasteiger partial charge in [-0.05, 0) is 60.2 Å². The normalized spacial score (nSPS) is 11.3. The van der Waals surface area contributed by atoms with Crippen molar-refractivity contribution in [3.8, 4) is 11.5 Å². The van der Waals surface area contributed by atoms with Crippen LogP contribution in [-0.2, 0) is 10.1 Å². The van der Waals surface area contributed by atoms with Gasteiger partial charge in [-0.3, -0.25) is 0 Å². The molecule has 0 aliphatic carbocycles. The van der Waals surface area contributed by atoms with E-state index in [4.69, 9.17) is 4.18 Å². The van der Waals surface area contributed by atoms with E-state index in [2.05, 4.69) is 0 Å². The maximum absolute atomic E-state index is 12.2. The number of phenols is 1. The van der Waals surface area contributed by atoms with Crippen molar-refractivity contribution >= 4 is 32.7 Å². The van der Waals surface area contributed by atoms with Crippen LogP contribution < -0.4 is 4.18 Å². The summed E-state index contributed by atoms with van der Waals surface area (Å²) in [7, 11) is -3.96. The lowest BCUT2D eigenvalue weighted by Gasteiger charge is -2.11. The molecule has 4 nitrogen and oxygen atoms in total. The number of rotatable bonds is 3. The van der Waals surface area contributed by atoms with Gasteiger partial charge in [0, 0.05) is 0 Å². The van der Waals surface area contributed by atoms with Crippen LogP contribution in [0.4, 0.5) is 0 Å². The first kappa shape index (κ1) is 15.1. The lowest BCUT2D eigenvalue weighted by Crippen LogP contribution is -2.10. The Kier molecular flexibility index (Phi) is 4.24. The fourth-order valence-electron chi connectivity index (χ4n) is 1.59. The van der Waals surface area contributed by atoms with Gasteiger partial charge >= 0.3 is 10.1 Å². The average molecular weight is 404 g/mol. The molecule has 6 heteroatoms. The second kappa shape index (κ2) is 5.61. The van der Waals surface area contributed by atoms with Gasteiger partial charge in [-0.2, -0.15) is 8.42 Å². The summed E-state index contributed by atoms with van der Waals surface area (Å²) in [4.78, 5) is 0.0554. The summed E-state index contributed by atoms with van der Waals surface area (Å²) in [6.45, 7) is 3.54. The minimum atomic E-state index is -3.96. The molecule has 2 aromatic carbocycles. The first-order valence-electron chi connectivity index (χ1n) is 5.80. The topological polar surface area (TPSA) is 63.6 Å². The highest BCUT2D eigenvalue weighted by molar-refractivity contribution is 14.1. The fraction of sp³-hybridized carbons (Fsp3) is 0.143. The molecule has 0 fully saturated rings. The van der Waals surface area contributed by atoms with Crippen LogP contribution in [0.25, 0.3) is 0 Å². The summed E-state index contributed by atoms with van der Waals surface area (Å²) in [5.41, 5.74) is 1.51. The molecular formula is C14H13IO4S. The van der Waals surface area contributed by atoms with Gasteiger partial charge in [0.15, 0.2) is 11.5 Å². The highest BCUT2D eigenvalue weighted by Crippen LogP contribution is 2.36. The van der Waals surface area contributed by atoms with Crippen LogP contribution in [0, 0.1) is 17.4 Å². The molecular weight excluding hydrogens is 391 g/mol. The number of hydrogen-bond donors (Lipinski definition) is 1. The number of aromatic hydroxyl groups is 1. The van der Waals surface area contributed by atoms with E-state index in [-0.39, 0.29) is 16.4 Å². The van der Waals surface area contributed by atoms with E-state index >= 15 is 0 Å². The summed E-state index contributed by atoms with van der Waals surface area (Å²) in [5, 5.41) is 9.94. The molecule has 2 rings (SSSR count). The Morgan fingerprint density at radius 1 is 1.05 bits per heavy atom. The molecule has 2 aromatic rings. The zero-order valence-electron chi connectivity index (χ0n) is 10.9. The van der Waals surface area contributed by atoms with Gasteiger partial charge in [-0.1, -0.05) is 23.8 Å². The number of phenolic OH excluding ortho intramolecular Hbond substituents is 1. The maximum atomic E-state index is 12.2. The largest absolute Gasteiger partial charge is 0.504 e. The molecule has 0 aliphatic rings. The Morgan fingerprint density at radius 2 is 1.65 bits per heavy atom. The van der Waals surface area contributed by atoms with E-state index < -0.39 is 10.1 Å². The van der Waals surface area contributed by atoms with E-state index in [0.717, 1.165) is 5.56 Å². The van der Waals surface area contributed by atoms with Crippen molar-refractivity contribution in [3.05, 3.63) is 51.1 Å². The minimum absolute atomic E-state index is 0.0359. The standard InChI is InChI=1S/C14H13IO4S/c1-9-3-6-11(7-4-9)20(17,18)19-14-12(15)8-5-10(2)13(14)16/h3-8,16H,1-2H3. The molecule has 0 bridgehead atoms. The summed E-state index contributed by atoms with van der Waals surface area (Å²) in [6.07, 6.45) is 0. The Hall–Kier alpha value is -1.28. The molecule has 0 unspecified atom stereocenters. The van der Waals surface area contributed by atoms with Crippen LogP contribution in [0.1, 0.15) is 11.1 Å². The SMILES string of the molecule is Cc1ccc(S(=O)(=O)Oc2c(I)ccc(C)c2O)cc1. The van der Waals surface area contributed by atoms with E-state index in [1.807, 2.05) is 29.5 Å². The molecule has 0 heterocycles. The molecule has 0 spiro atoms. The fourth-order valence-corrected chi connectivity index (χ4v) is 3.24. The third kappa shape index (κ3) is 3.06. The van der Waals surface area contributed by atoms with E-state index in [9.17, 15) is 13.5 Å². The zero-order valence-corrected chi connectivity index (χ0v) is 13.9. The highest BCUT2D eigenvalue weighted by Gasteiger charge is 2.21. The van der Waals surface area contributed by atoms with Crippen LogP contribution in [0.3, 0.4) is 0 Å². The Balaban J connectivity index is 2.43. The summed E-state index contributed by atoms with van der Waals surface area (Å²) < 4.78 is 30.0. The molecule has 106 valence electrons. The number of halogens is 1. The number of aryl methyl sites for hydroxylation is 2. The lowest BCUT2D eigenvalue weighted by molar-refractivity contribution is 0.423. The van der Waals surface area contributed by atoms with Gasteiger partial charge in [0.1, 0.15) is 4.90 Å². The Labute approximate surface area is 131 Å². The molecule has 20 heavy (non-hydrogen) atoms. The predicted octanol–water partition coefficient (Wildman–Crippen LogP) is 3.38. The second-order valence-electron chi connectivity index (χ2n) is 4.39. The van der Waals surface area contributed by atoms with Crippen molar-refractivity contribution in [3.63, 3.8) is 0 Å². The molecule has 0 amide bonds. The van der Waals surface area contributed by atoms with E-state index in [0.29, 0.717) is 9.13 Å². The van der Waals surface area contributed by atoms with Crippen LogP contribution in [-0.4, -0.2) is 13.5 Å². The quantitative estimate of drug-likeness (QED) is 0.630. The smallest absolute Gasteiger partial charge is 0.339 e. The van der Waals surface area contributed by atoms with Crippen molar-refractivity contribution in [2.45, 2.75) is 18.7 Å². The van der Waals surface area contributed by atoms with Gasteiger partial charge in [0.25, 0.3) is 0 Å². The second-order valence-corrected chi connectivity index (χ2v) is 7.10. The molecule has 0 atom stereocenters. The number of benzene rings is 2. The Bertz CT molecular complexity index is 737. The van der Waals surface area contributed by atoms with Gasteiger partial charge in [0.05, 0.1) is 3.57 Å². The van der Waals surface area contributed by atoms with Gasteiger partial charge in [0.2, 0.25) is 0 Å². The molecule has 0 radical (unpaired) electrons. The lowest BCUT2D eigenvalue weighted by atomic mass is 10.2. The highest BCUT2D eigenvalue weighted by atomic mass is 127. The van der Waals surface area contributed by atoms with Crippen molar-refractivity contribution < 1.29 is 17.7 Å². The van der Waals surface area contributed by atoms with Crippen LogP contribution in [0.15, 0.2) is 41.3 Å². The summed E-state index contributed by atoms with van der Waals surface area (Å²) in [5.74, 6) is -0.196. The number of hydrogen-bond acceptors (Lipinski definition) is 4. The third-order valence-electron chi connectivity index (χ3n) is 2.79. The first-order chi connectivity index (χ1) is 9.31. The van der Waals surface area contributed by atoms with Crippen molar-refractivity contribution in [1.82, 2.24) is 0 Å². The van der Waals surface area contributed by atoms with Gasteiger partial charge in [-0.15, -0.1) is 0 Å². The molecule has 0 aromatic heterocycles.